The lowest BCUT2D eigenvalue weighted by atomic mass is 10.1. The van der Waals surface area contributed by atoms with Gasteiger partial charge in [-0.1, -0.05) is 39.3 Å². The van der Waals surface area contributed by atoms with Gasteiger partial charge in [-0.3, -0.25) is 4.98 Å². The van der Waals surface area contributed by atoms with Gasteiger partial charge in [-0.15, -0.1) is 0 Å². The first-order valence-corrected chi connectivity index (χ1v) is 5.87. The van der Waals surface area contributed by atoms with E-state index in [0.717, 1.165) is 24.2 Å². The highest BCUT2D eigenvalue weighted by Crippen LogP contribution is 2.16. The molecule has 15 heavy (non-hydrogen) atoms. The van der Waals surface area contributed by atoms with Crippen molar-refractivity contribution in [1.29, 1.82) is 0 Å². The lowest BCUT2D eigenvalue weighted by Gasteiger charge is -2.08. The van der Waals surface area contributed by atoms with Crippen LogP contribution < -0.4 is 0 Å². The second kappa shape index (κ2) is 5.45. The van der Waals surface area contributed by atoms with E-state index in [1.807, 2.05) is 6.20 Å². The van der Waals surface area contributed by atoms with Crippen LogP contribution in [-0.4, -0.2) is 9.97 Å². The van der Waals surface area contributed by atoms with E-state index in [9.17, 15) is 0 Å². The topological polar surface area (TPSA) is 25.8 Å². The third-order valence-electron chi connectivity index (χ3n) is 2.07. The molecule has 0 saturated heterocycles. The number of aromatic nitrogens is 2. The van der Waals surface area contributed by atoms with Gasteiger partial charge in [0.25, 0.3) is 0 Å². The molecular formula is C12H19ClN2. The Morgan fingerprint density at radius 3 is 2.20 bits per heavy atom. The van der Waals surface area contributed by atoms with E-state index in [4.69, 9.17) is 11.6 Å². The van der Waals surface area contributed by atoms with Crippen molar-refractivity contribution in [2.75, 3.05) is 0 Å². The van der Waals surface area contributed by atoms with E-state index in [-0.39, 0.29) is 0 Å². The third kappa shape index (κ3) is 4.17. The maximum absolute atomic E-state index is 6.08. The van der Waals surface area contributed by atoms with E-state index in [1.165, 1.54) is 0 Å². The molecule has 3 heteroatoms. The fourth-order valence-corrected chi connectivity index (χ4v) is 1.70. The molecule has 0 bridgehead atoms. The Morgan fingerprint density at radius 1 is 1.13 bits per heavy atom. The van der Waals surface area contributed by atoms with Gasteiger partial charge in [0.15, 0.2) is 5.15 Å². The van der Waals surface area contributed by atoms with Crippen LogP contribution in [0.1, 0.15) is 39.1 Å². The van der Waals surface area contributed by atoms with E-state index in [2.05, 4.69) is 37.7 Å². The van der Waals surface area contributed by atoms with Gasteiger partial charge < -0.3 is 0 Å². The molecule has 0 spiro atoms. The van der Waals surface area contributed by atoms with Gasteiger partial charge in [-0.25, -0.2) is 4.98 Å². The molecule has 0 atom stereocenters. The fourth-order valence-electron chi connectivity index (χ4n) is 1.47. The fraction of sp³-hybridized carbons (Fsp3) is 0.667. The number of halogens is 1. The van der Waals surface area contributed by atoms with Crippen LogP contribution in [0.4, 0.5) is 0 Å². The van der Waals surface area contributed by atoms with Crippen LogP contribution in [-0.2, 0) is 12.8 Å². The van der Waals surface area contributed by atoms with Crippen molar-refractivity contribution in [3.63, 3.8) is 0 Å². The summed E-state index contributed by atoms with van der Waals surface area (Å²) < 4.78 is 0. The molecule has 0 unspecified atom stereocenters. The lowest BCUT2D eigenvalue weighted by Crippen LogP contribution is -2.04. The standard InChI is InChI=1S/C12H19ClN2/c1-8(2)5-10-7-14-11(6-9(3)4)12(13)15-10/h7-9H,5-6H2,1-4H3. The summed E-state index contributed by atoms with van der Waals surface area (Å²) in [6.07, 6.45) is 3.69. The monoisotopic (exact) mass is 226 g/mol. The zero-order chi connectivity index (χ0) is 11.4. The molecule has 0 aliphatic heterocycles. The molecule has 0 aliphatic carbocycles. The van der Waals surface area contributed by atoms with Crippen LogP contribution in [0, 0.1) is 11.8 Å². The summed E-state index contributed by atoms with van der Waals surface area (Å²) in [6, 6.07) is 0. The Morgan fingerprint density at radius 2 is 1.73 bits per heavy atom. The molecule has 0 aromatic carbocycles. The van der Waals surface area contributed by atoms with Gasteiger partial charge >= 0.3 is 0 Å². The average molecular weight is 227 g/mol. The van der Waals surface area contributed by atoms with Crippen molar-refractivity contribution in [1.82, 2.24) is 9.97 Å². The third-order valence-corrected chi connectivity index (χ3v) is 2.37. The highest BCUT2D eigenvalue weighted by molar-refractivity contribution is 6.30. The van der Waals surface area contributed by atoms with E-state index in [1.54, 1.807) is 0 Å². The summed E-state index contributed by atoms with van der Waals surface area (Å²) in [5.41, 5.74) is 1.90. The Bertz CT molecular complexity index is 321. The maximum atomic E-state index is 6.08. The molecule has 0 N–H and O–H groups in total. The zero-order valence-corrected chi connectivity index (χ0v) is 10.7. The molecule has 1 heterocycles. The molecule has 0 saturated carbocycles. The van der Waals surface area contributed by atoms with Crippen LogP contribution in [0.25, 0.3) is 0 Å². The summed E-state index contributed by atoms with van der Waals surface area (Å²) in [5, 5.41) is 0.571. The van der Waals surface area contributed by atoms with Gasteiger partial charge in [-0.05, 0) is 24.7 Å². The Kier molecular flexibility index (Phi) is 4.52. The van der Waals surface area contributed by atoms with Crippen molar-refractivity contribution < 1.29 is 0 Å². The molecule has 2 nitrogen and oxygen atoms in total. The van der Waals surface area contributed by atoms with Crippen LogP contribution in [0.3, 0.4) is 0 Å². The number of nitrogens with zero attached hydrogens (tertiary/aromatic N) is 2. The zero-order valence-electron chi connectivity index (χ0n) is 9.92. The smallest absolute Gasteiger partial charge is 0.150 e. The van der Waals surface area contributed by atoms with Gasteiger partial charge in [0.2, 0.25) is 0 Å². The summed E-state index contributed by atoms with van der Waals surface area (Å²) in [5.74, 6) is 1.15. The maximum Gasteiger partial charge on any atom is 0.150 e. The quantitative estimate of drug-likeness (QED) is 0.785. The van der Waals surface area contributed by atoms with E-state index in [0.29, 0.717) is 17.0 Å². The molecule has 84 valence electrons. The molecular weight excluding hydrogens is 208 g/mol. The van der Waals surface area contributed by atoms with Gasteiger partial charge in [0.1, 0.15) is 0 Å². The second-order valence-electron chi connectivity index (χ2n) is 4.79. The number of hydrogen-bond donors (Lipinski definition) is 0. The molecule has 0 aliphatic rings. The SMILES string of the molecule is CC(C)Cc1cnc(CC(C)C)c(Cl)n1. The van der Waals surface area contributed by atoms with Crippen molar-refractivity contribution in [3.05, 3.63) is 22.7 Å². The first kappa shape index (κ1) is 12.4. The molecule has 1 aromatic rings. The largest absolute Gasteiger partial charge is 0.256 e. The van der Waals surface area contributed by atoms with Crippen LogP contribution in [0.5, 0.6) is 0 Å². The summed E-state index contributed by atoms with van der Waals surface area (Å²) in [4.78, 5) is 8.75. The Balaban J connectivity index is 2.78. The highest BCUT2D eigenvalue weighted by atomic mass is 35.5. The van der Waals surface area contributed by atoms with Gasteiger partial charge in [-0.2, -0.15) is 0 Å². The minimum atomic E-state index is 0.563. The minimum Gasteiger partial charge on any atom is -0.256 e. The first-order chi connectivity index (χ1) is 6.99. The Labute approximate surface area is 97.1 Å². The minimum absolute atomic E-state index is 0.563. The van der Waals surface area contributed by atoms with E-state index < -0.39 is 0 Å². The van der Waals surface area contributed by atoms with Crippen molar-refractivity contribution in [2.24, 2.45) is 11.8 Å². The van der Waals surface area contributed by atoms with Gasteiger partial charge in [0.05, 0.1) is 11.4 Å². The molecule has 0 fully saturated rings. The number of rotatable bonds is 4. The van der Waals surface area contributed by atoms with Crippen molar-refractivity contribution in [3.8, 4) is 0 Å². The van der Waals surface area contributed by atoms with Crippen molar-refractivity contribution in [2.45, 2.75) is 40.5 Å². The summed E-state index contributed by atoms with van der Waals surface area (Å²) >= 11 is 6.08. The summed E-state index contributed by atoms with van der Waals surface area (Å²) in [6.45, 7) is 8.63. The summed E-state index contributed by atoms with van der Waals surface area (Å²) in [7, 11) is 0. The molecule has 0 amide bonds. The molecule has 1 rings (SSSR count). The molecule has 1 aromatic heterocycles. The van der Waals surface area contributed by atoms with Crippen LogP contribution >= 0.6 is 11.6 Å². The van der Waals surface area contributed by atoms with Crippen molar-refractivity contribution >= 4 is 11.6 Å². The van der Waals surface area contributed by atoms with Crippen LogP contribution in [0.15, 0.2) is 6.20 Å². The average Bonchev–Trinajstić information content (AvgIpc) is 2.08. The molecule has 0 radical (unpaired) electrons. The van der Waals surface area contributed by atoms with Crippen LogP contribution in [0.2, 0.25) is 5.15 Å². The predicted octanol–water partition coefficient (Wildman–Crippen LogP) is 3.53. The Hall–Kier alpha value is -0.630. The lowest BCUT2D eigenvalue weighted by molar-refractivity contribution is 0.617. The second-order valence-corrected chi connectivity index (χ2v) is 5.15. The van der Waals surface area contributed by atoms with Gasteiger partial charge in [0, 0.05) is 6.20 Å². The number of hydrogen-bond acceptors (Lipinski definition) is 2. The predicted molar refractivity (Wildman–Crippen MR) is 64.1 cm³/mol. The normalized spacial score (nSPS) is 11.4. The highest BCUT2D eigenvalue weighted by Gasteiger charge is 2.08. The first-order valence-electron chi connectivity index (χ1n) is 5.49. The van der Waals surface area contributed by atoms with E-state index >= 15 is 0 Å².